The molecule has 1 saturated heterocycles. The second-order valence-electron chi connectivity index (χ2n) is 5.09. The Bertz CT molecular complexity index is 268. The van der Waals surface area contributed by atoms with E-state index in [-0.39, 0.29) is 24.5 Å². The van der Waals surface area contributed by atoms with E-state index in [4.69, 9.17) is 4.74 Å². The summed E-state index contributed by atoms with van der Waals surface area (Å²) < 4.78 is 44.1. The number of hydroxylamine groups is 2. The Morgan fingerprint density at radius 3 is 2.24 bits per heavy atom. The number of hydrogen-bond donors (Lipinski definition) is 0. The molecular weight excluding hydrogens is 235 g/mol. The van der Waals surface area contributed by atoms with Gasteiger partial charge in [0.25, 0.3) is 0 Å². The van der Waals surface area contributed by atoms with Gasteiger partial charge < -0.3 is 4.74 Å². The maximum atomic E-state index is 13.1. The molecule has 0 saturated carbocycles. The summed E-state index contributed by atoms with van der Waals surface area (Å²) in [6, 6.07) is 0. The van der Waals surface area contributed by atoms with Crippen molar-refractivity contribution in [1.29, 1.82) is 0 Å². The molecule has 17 heavy (non-hydrogen) atoms. The predicted molar refractivity (Wildman–Crippen MR) is 55.5 cm³/mol. The molecule has 1 radical (unpaired) electrons. The molecule has 1 rings (SSSR count). The first-order chi connectivity index (χ1) is 7.67. The molecule has 0 bridgehead atoms. The molecule has 1 atom stereocenters. The second kappa shape index (κ2) is 4.74. The van der Waals surface area contributed by atoms with Crippen molar-refractivity contribution < 1.29 is 23.1 Å². The molecule has 1 aliphatic rings. The Labute approximate surface area is 99.5 Å². The van der Waals surface area contributed by atoms with E-state index in [1.165, 1.54) is 13.8 Å². The third-order valence-electron chi connectivity index (χ3n) is 3.24. The fraction of sp³-hybridized carbons (Fsp3) is 1.00. The molecule has 0 aromatic rings. The fourth-order valence-corrected chi connectivity index (χ4v) is 2.02. The van der Waals surface area contributed by atoms with Crippen molar-refractivity contribution in [3.63, 3.8) is 0 Å². The minimum Gasteiger partial charge on any atom is -0.350 e. The Kier molecular flexibility index (Phi) is 4.11. The molecule has 6 heteroatoms. The predicted octanol–water partition coefficient (Wildman–Crippen LogP) is 3.28. The average Bonchev–Trinajstić information content (AvgIpc) is 2.42. The summed E-state index contributed by atoms with van der Waals surface area (Å²) in [5.41, 5.74) is -3.67. The first-order valence-corrected chi connectivity index (χ1v) is 5.85. The first-order valence-electron chi connectivity index (χ1n) is 5.85. The van der Waals surface area contributed by atoms with Gasteiger partial charge in [0, 0.05) is 18.6 Å². The standard InChI is InChI=1S/C11H19F3NO2/c1-4-5-8-17-10(11(12,13)14)7-6-9(2,3)15(10)16/h4-8H2,1-3H3. The molecule has 1 unspecified atom stereocenters. The Hall–Kier alpha value is -0.330. The summed E-state index contributed by atoms with van der Waals surface area (Å²) in [6.45, 7) is 4.84. The third kappa shape index (κ3) is 2.58. The van der Waals surface area contributed by atoms with Gasteiger partial charge in [0.15, 0.2) is 0 Å². The molecule has 1 fully saturated rings. The van der Waals surface area contributed by atoms with Crippen molar-refractivity contribution in [1.82, 2.24) is 5.06 Å². The molecule has 0 aromatic heterocycles. The van der Waals surface area contributed by atoms with E-state index in [0.29, 0.717) is 6.42 Å². The lowest BCUT2D eigenvalue weighted by Gasteiger charge is -2.38. The zero-order chi connectivity index (χ0) is 13.3. The molecule has 0 amide bonds. The van der Waals surface area contributed by atoms with Gasteiger partial charge in [-0.15, -0.1) is 10.3 Å². The van der Waals surface area contributed by atoms with Gasteiger partial charge in [-0.25, -0.2) is 0 Å². The van der Waals surface area contributed by atoms with E-state index < -0.39 is 17.4 Å². The van der Waals surface area contributed by atoms with Crippen LogP contribution in [-0.4, -0.2) is 29.1 Å². The normalized spacial score (nSPS) is 29.8. The number of alkyl halides is 3. The maximum Gasteiger partial charge on any atom is 0.433 e. The van der Waals surface area contributed by atoms with Crippen molar-refractivity contribution in [3.05, 3.63) is 0 Å². The van der Waals surface area contributed by atoms with E-state index in [0.717, 1.165) is 6.42 Å². The van der Waals surface area contributed by atoms with E-state index in [2.05, 4.69) is 0 Å². The van der Waals surface area contributed by atoms with Crippen molar-refractivity contribution in [2.75, 3.05) is 6.61 Å². The Morgan fingerprint density at radius 1 is 1.29 bits per heavy atom. The van der Waals surface area contributed by atoms with E-state index in [1.807, 2.05) is 6.92 Å². The number of rotatable bonds is 4. The fourth-order valence-electron chi connectivity index (χ4n) is 2.02. The zero-order valence-electron chi connectivity index (χ0n) is 10.4. The third-order valence-corrected chi connectivity index (χ3v) is 3.24. The van der Waals surface area contributed by atoms with Crippen LogP contribution in [0.2, 0.25) is 0 Å². The number of ether oxygens (including phenoxy) is 1. The summed E-state index contributed by atoms with van der Waals surface area (Å²) >= 11 is 0. The summed E-state index contributed by atoms with van der Waals surface area (Å²) in [6.07, 6.45) is -3.52. The SMILES string of the molecule is CCCCOC1(C(F)(F)F)CCC(C)(C)N1[O]. The molecule has 0 aliphatic carbocycles. The van der Waals surface area contributed by atoms with E-state index in [9.17, 15) is 18.4 Å². The second-order valence-corrected chi connectivity index (χ2v) is 5.09. The maximum absolute atomic E-state index is 13.1. The highest BCUT2D eigenvalue weighted by Crippen LogP contribution is 2.49. The number of unbranched alkanes of at least 4 members (excludes halogenated alkanes) is 1. The summed E-state index contributed by atoms with van der Waals surface area (Å²) in [5, 5.41) is 12.0. The average molecular weight is 254 g/mol. The molecule has 3 nitrogen and oxygen atoms in total. The molecule has 1 heterocycles. The lowest BCUT2D eigenvalue weighted by Crippen LogP contribution is -2.59. The van der Waals surface area contributed by atoms with Crippen LogP contribution in [0.5, 0.6) is 0 Å². The van der Waals surface area contributed by atoms with Gasteiger partial charge >= 0.3 is 6.18 Å². The highest BCUT2D eigenvalue weighted by molar-refractivity contribution is 4.99. The molecule has 101 valence electrons. The van der Waals surface area contributed by atoms with Crippen LogP contribution in [0.1, 0.15) is 46.5 Å². The molecule has 0 N–H and O–H groups in total. The quantitative estimate of drug-likeness (QED) is 0.721. The minimum atomic E-state index is -4.66. The minimum absolute atomic E-state index is 0.0369. The van der Waals surface area contributed by atoms with Crippen LogP contribution in [0.15, 0.2) is 0 Å². The topological polar surface area (TPSA) is 32.4 Å². The van der Waals surface area contributed by atoms with Crippen LogP contribution < -0.4 is 0 Å². The van der Waals surface area contributed by atoms with Crippen LogP contribution in [0.25, 0.3) is 0 Å². The Balaban J connectivity index is 2.89. The summed E-state index contributed by atoms with van der Waals surface area (Å²) in [7, 11) is 0. The van der Waals surface area contributed by atoms with Gasteiger partial charge in [-0.2, -0.15) is 13.2 Å². The summed E-state index contributed by atoms with van der Waals surface area (Å²) in [5.74, 6) is 0. The van der Waals surface area contributed by atoms with Gasteiger partial charge in [-0.05, 0) is 26.7 Å². The van der Waals surface area contributed by atoms with Crippen LogP contribution >= 0.6 is 0 Å². The van der Waals surface area contributed by atoms with E-state index in [1.54, 1.807) is 0 Å². The lowest BCUT2D eigenvalue weighted by atomic mass is 10.0. The first kappa shape index (κ1) is 14.7. The van der Waals surface area contributed by atoms with Crippen LogP contribution in [0, 0.1) is 0 Å². The number of nitrogens with zero attached hydrogens (tertiary/aromatic N) is 1. The smallest absolute Gasteiger partial charge is 0.350 e. The van der Waals surface area contributed by atoms with Gasteiger partial charge in [-0.1, -0.05) is 13.3 Å². The highest BCUT2D eigenvalue weighted by Gasteiger charge is 2.67. The lowest BCUT2D eigenvalue weighted by molar-refractivity contribution is -0.413. The monoisotopic (exact) mass is 254 g/mol. The molecule has 0 spiro atoms. The largest absolute Gasteiger partial charge is 0.433 e. The summed E-state index contributed by atoms with van der Waals surface area (Å²) in [4.78, 5) is 0. The van der Waals surface area contributed by atoms with Crippen molar-refractivity contribution in [3.8, 4) is 0 Å². The van der Waals surface area contributed by atoms with Crippen LogP contribution in [-0.2, 0) is 9.94 Å². The number of halogens is 3. The van der Waals surface area contributed by atoms with Gasteiger partial charge in [0.1, 0.15) is 0 Å². The van der Waals surface area contributed by atoms with Gasteiger partial charge in [0.05, 0.1) is 0 Å². The van der Waals surface area contributed by atoms with Crippen LogP contribution in [0.4, 0.5) is 13.2 Å². The molecule has 0 aromatic carbocycles. The van der Waals surface area contributed by atoms with Gasteiger partial charge in [-0.3, -0.25) is 0 Å². The molecule has 1 aliphatic heterocycles. The Morgan fingerprint density at radius 2 is 1.88 bits per heavy atom. The zero-order valence-corrected chi connectivity index (χ0v) is 10.4. The molecular formula is C11H19F3NO2. The van der Waals surface area contributed by atoms with Crippen molar-refractivity contribution in [2.24, 2.45) is 0 Å². The van der Waals surface area contributed by atoms with E-state index >= 15 is 0 Å². The highest BCUT2D eigenvalue weighted by atomic mass is 19.4. The van der Waals surface area contributed by atoms with Gasteiger partial charge in [0.2, 0.25) is 5.72 Å². The van der Waals surface area contributed by atoms with Crippen LogP contribution in [0.3, 0.4) is 0 Å². The number of hydrogen-bond acceptors (Lipinski definition) is 2. The van der Waals surface area contributed by atoms with Crippen molar-refractivity contribution >= 4 is 0 Å². The van der Waals surface area contributed by atoms with Crippen molar-refractivity contribution in [2.45, 2.75) is 63.9 Å².